The van der Waals surface area contributed by atoms with Crippen molar-refractivity contribution in [3.63, 3.8) is 0 Å². The lowest BCUT2D eigenvalue weighted by Gasteiger charge is -2.39. The molecule has 0 atom stereocenters. The van der Waals surface area contributed by atoms with E-state index in [1.54, 1.807) is 17.0 Å². The fourth-order valence-corrected chi connectivity index (χ4v) is 3.90. The van der Waals surface area contributed by atoms with Gasteiger partial charge < -0.3 is 20.0 Å². The average molecular weight is 370 g/mol. The summed E-state index contributed by atoms with van der Waals surface area (Å²) in [7, 11) is 0. The molecule has 0 radical (unpaired) electrons. The predicted octanol–water partition coefficient (Wildman–Crippen LogP) is 2.29. The number of nitrogens with two attached hydrogens (primary N) is 1. The molecule has 2 heterocycles. The molecule has 1 aliphatic heterocycles. The van der Waals surface area contributed by atoms with Crippen LogP contribution >= 0.6 is 12.4 Å². The van der Waals surface area contributed by atoms with E-state index in [1.807, 2.05) is 4.90 Å². The van der Waals surface area contributed by atoms with Gasteiger partial charge in [0.2, 0.25) is 5.91 Å². The van der Waals surface area contributed by atoms with Crippen molar-refractivity contribution in [3.05, 3.63) is 24.2 Å². The number of hydrogen-bond acceptors (Lipinski definition) is 4. The van der Waals surface area contributed by atoms with Gasteiger partial charge in [-0.15, -0.1) is 12.4 Å². The van der Waals surface area contributed by atoms with Gasteiger partial charge in [-0.3, -0.25) is 9.59 Å². The van der Waals surface area contributed by atoms with Crippen LogP contribution < -0.4 is 5.73 Å². The zero-order valence-electron chi connectivity index (χ0n) is 14.6. The van der Waals surface area contributed by atoms with Crippen molar-refractivity contribution in [1.29, 1.82) is 0 Å². The Morgan fingerprint density at radius 3 is 2.28 bits per heavy atom. The number of carbonyl (C=O) groups excluding carboxylic acids is 2. The van der Waals surface area contributed by atoms with E-state index in [1.165, 1.54) is 25.5 Å². The van der Waals surface area contributed by atoms with E-state index in [-0.39, 0.29) is 29.6 Å². The second-order valence-electron chi connectivity index (χ2n) is 7.09. The lowest BCUT2D eigenvalue weighted by atomic mass is 9.71. The molecule has 1 aromatic heterocycles. The van der Waals surface area contributed by atoms with E-state index in [0.29, 0.717) is 44.9 Å². The van der Waals surface area contributed by atoms with Gasteiger partial charge in [-0.1, -0.05) is 19.3 Å². The molecule has 6 nitrogen and oxygen atoms in total. The highest BCUT2D eigenvalue weighted by Crippen LogP contribution is 2.38. The van der Waals surface area contributed by atoms with Gasteiger partial charge in [0.25, 0.3) is 5.91 Å². The third kappa shape index (κ3) is 4.55. The number of piperazine rings is 1. The lowest BCUT2D eigenvalue weighted by Crippen LogP contribution is -2.51. The van der Waals surface area contributed by atoms with Crippen molar-refractivity contribution in [2.75, 3.05) is 32.7 Å². The Hall–Kier alpha value is -1.53. The average Bonchev–Trinajstić information content (AvgIpc) is 3.16. The molecule has 0 bridgehead atoms. The van der Waals surface area contributed by atoms with Gasteiger partial charge in [-0.25, -0.2) is 0 Å². The summed E-state index contributed by atoms with van der Waals surface area (Å²) < 4.78 is 5.17. The van der Waals surface area contributed by atoms with Crippen LogP contribution in [0.4, 0.5) is 0 Å². The van der Waals surface area contributed by atoms with E-state index in [0.717, 1.165) is 12.8 Å². The summed E-state index contributed by atoms with van der Waals surface area (Å²) in [6, 6.07) is 3.39. The van der Waals surface area contributed by atoms with Crippen molar-refractivity contribution < 1.29 is 14.0 Å². The van der Waals surface area contributed by atoms with E-state index in [2.05, 4.69) is 0 Å². The van der Waals surface area contributed by atoms with Crippen LogP contribution in [-0.2, 0) is 4.79 Å². The second kappa shape index (κ2) is 8.72. The molecule has 1 saturated heterocycles. The highest BCUT2D eigenvalue weighted by atomic mass is 35.5. The molecule has 2 aliphatic rings. The molecule has 2 amide bonds. The van der Waals surface area contributed by atoms with Crippen LogP contribution in [0, 0.1) is 5.41 Å². The van der Waals surface area contributed by atoms with Crippen LogP contribution in [0.5, 0.6) is 0 Å². The van der Waals surface area contributed by atoms with Crippen LogP contribution in [0.2, 0.25) is 0 Å². The second-order valence-corrected chi connectivity index (χ2v) is 7.09. The first-order valence-corrected chi connectivity index (χ1v) is 8.94. The molecule has 1 aliphatic carbocycles. The molecule has 2 fully saturated rings. The van der Waals surface area contributed by atoms with Crippen LogP contribution in [0.1, 0.15) is 49.1 Å². The van der Waals surface area contributed by atoms with Crippen LogP contribution in [0.3, 0.4) is 0 Å². The minimum atomic E-state index is -0.0993. The van der Waals surface area contributed by atoms with Crippen molar-refractivity contribution >= 4 is 24.2 Å². The summed E-state index contributed by atoms with van der Waals surface area (Å²) in [5.74, 6) is 0.448. The standard InChI is InChI=1S/C18H27N3O3.ClH/c19-14-18(6-2-1-3-7-18)13-16(22)20-8-10-21(11-9-20)17(23)15-5-4-12-24-15;/h4-5,12H,1-3,6-11,13-14,19H2;1H. The topological polar surface area (TPSA) is 79.8 Å². The molecule has 0 spiro atoms. The highest BCUT2D eigenvalue weighted by Gasteiger charge is 2.35. The van der Waals surface area contributed by atoms with E-state index in [4.69, 9.17) is 10.2 Å². The number of rotatable bonds is 4. The van der Waals surface area contributed by atoms with E-state index >= 15 is 0 Å². The summed E-state index contributed by atoms with van der Waals surface area (Å²) in [6.45, 7) is 2.88. The normalized spacial score (nSPS) is 20.0. The summed E-state index contributed by atoms with van der Waals surface area (Å²) in [6.07, 6.45) is 7.78. The zero-order chi connectivity index (χ0) is 17.0. The predicted molar refractivity (Wildman–Crippen MR) is 97.6 cm³/mol. The number of carbonyl (C=O) groups is 2. The SMILES string of the molecule is Cl.NCC1(CC(=O)N2CCN(C(=O)c3ccco3)CC2)CCCCC1. The molecule has 0 aromatic carbocycles. The molecule has 1 aromatic rings. The first kappa shape index (κ1) is 19.8. The maximum atomic E-state index is 12.7. The molecule has 25 heavy (non-hydrogen) atoms. The van der Waals surface area contributed by atoms with Gasteiger partial charge in [-0.2, -0.15) is 0 Å². The smallest absolute Gasteiger partial charge is 0.289 e. The fraction of sp³-hybridized carbons (Fsp3) is 0.667. The van der Waals surface area contributed by atoms with Gasteiger partial charge in [0, 0.05) is 32.6 Å². The molecule has 3 rings (SSSR count). The molecular formula is C18H28ClN3O3. The Morgan fingerprint density at radius 2 is 1.72 bits per heavy atom. The number of halogens is 1. The molecule has 7 heteroatoms. The quantitative estimate of drug-likeness (QED) is 0.882. The third-order valence-corrected chi connectivity index (χ3v) is 5.53. The van der Waals surface area contributed by atoms with Gasteiger partial charge >= 0.3 is 0 Å². The lowest BCUT2D eigenvalue weighted by molar-refractivity contribution is -0.135. The molecule has 140 valence electrons. The largest absolute Gasteiger partial charge is 0.459 e. The van der Waals surface area contributed by atoms with Crippen LogP contribution in [0.25, 0.3) is 0 Å². The van der Waals surface area contributed by atoms with Crippen molar-refractivity contribution in [1.82, 2.24) is 9.80 Å². The Balaban J connectivity index is 0.00000225. The van der Waals surface area contributed by atoms with Crippen molar-refractivity contribution in [3.8, 4) is 0 Å². The summed E-state index contributed by atoms with van der Waals surface area (Å²) in [5, 5.41) is 0. The van der Waals surface area contributed by atoms with Gasteiger partial charge in [0.1, 0.15) is 0 Å². The van der Waals surface area contributed by atoms with Gasteiger partial charge in [0.15, 0.2) is 5.76 Å². The summed E-state index contributed by atoms with van der Waals surface area (Å²) >= 11 is 0. The Morgan fingerprint density at radius 1 is 1.08 bits per heavy atom. The minimum Gasteiger partial charge on any atom is -0.459 e. The highest BCUT2D eigenvalue weighted by molar-refractivity contribution is 5.91. The maximum Gasteiger partial charge on any atom is 0.289 e. The first-order chi connectivity index (χ1) is 11.6. The molecule has 0 unspecified atom stereocenters. The third-order valence-electron chi connectivity index (χ3n) is 5.53. The molecule has 1 saturated carbocycles. The fourth-order valence-electron chi connectivity index (χ4n) is 3.90. The maximum absolute atomic E-state index is 12.7. The zero-order valence-corrected chi connectivity index (χ0v) is 15.4. The summed E-state index contributed by atoms with van der Waals surface area (Å²) in [4.78, 5) is 28.6. The molecule has 2 N–H and O–H groups in total. The van der Waals surface area contributed by atoms with Crippen LogP contribution in [-0.4, -0.2) is 54.3 Å². The number of hydrogen-bond donors (Lipinski definition) is 1. The summed E-state index contributed by atoms with van der Waals surface area (Å²) in [5.41, 5.74) is 5.99. The monoisotopic (exact) mass is 369 g/mol. The Labute approximate surface area is 155 Å². The Bertz CT molecular complexity index is 562. The minimum absolute atomic E-state index is 0. The van der Waals surface area contributed by atoms with Gasteiger partial charge in [0.05, 0.1) is 6.26 Å². The number of nitrogens with zero attached hydrogens (tertiary/aromatic N) is 2. The van der Waals surface area contributed by atoms with Gasteiger partial charge in [-0.05, 0) is 36.9 Å². The van der Waals surface area contributed by atoms with Crippen LogP contribution in [0.15, 0.2) is 22.8 Å². The van der Waals surface area contributed by atoms with Crippen molar-refractivity contribution in [2.45, 2.75) is 38.5 Å². The number of amides is 2. The van der Waals surface area contributed by atoms with E-state index < -0.39 is 0 Å². The first-order valence-electron chi connectivity index (χ1n) is 8.94. The number of furan rings is 1. The molecular weight excluding hydrogens is 342 g/mol. The van der Waals surface area contributed by atoms with E-state index in [9.17, 15) is 9.59 Å². The van der Waals surface area contributed by atoms with Crippen molar-refractivity contribution in [2.24, 2.45) is 11.1 Å². The Kier molecular flexibility index (Phi) is 6.90.